The number of ether oxygens (including phenoxy) is 1. The quantitative estimate of drug-likeness (QED) is 0.793. The van der Waals surface area contributed by atoms with Gasteiger partial charge in [0.25, 0.3) is 0 Å². The third-order valence-electron chi connectivity index (χ3n) is 3.19. The minimum absolute atomic E-state index is 0.404. The fraction of sp³-hybridized carbons (Fsp3) is 0.235. The van der Waals surface area contributed by atoms with E-state index in [-0.39, 0.29) is 0 Å². The third-order valence-corrected chi connectivity index (χ3v) is 3.19. The van der Waals surface area contributed by atoms with Gasteiger partial charge in [0.1, 0.15) is 12.0 Å². The Hall–Kier alpha value is -2.17. The summed E-state index contributed by atoms with van der Waals surface area (Å²) in [7, 11) is 0. The van der Waals surface area contributed by atoms with E-state index in [1.807, 2.05) is 60.7 Å². The maximum Gasteiger partial charge on any atom is 0.318 e. The maximum absolute atomic E-state index is 12.4. The van der Waals surface area contributed by atoms with Crippen LogP contribution in [0.25, 0.3) is 0 Å². The van der Waals surface area contributed by atoms with Gasteiger partial charge in [-0.2, -0.15) is 0 Å². The zero-order valence-electron chi connectivity index (χ0n) is 11.6. The van der Waals surface area contributed by atoms with Gasteiger partial charge in [-0.1, -0.05) is 60.7 Å². The molecule has 0 bridgehead atoms. The van der Waals surface area contributed by atoms with Crippen molar-refractivity contribution in [2.24, 2.45) is 0 Å². The van der Waals surface area contributed by atoms with E-state index in [9.17, 15) is 4.79 Å². The monoisotopic (exact) mass is 286 g/mol. The summed E-state index contributed by atoms with van der Waals surface area (Å²) in [6.45, 7) is -0.808. The van der Waals surface area contributed by atoms with Gasteiger partial charge in [0.15, 0.2) is 0 Å². The Morgan fingerprint density at radius 1 is 0.857 bits per heavy atom. The first-order valence-corrected chi connectivity index (χ1v) is 6.78. The first-order valence-electron chi connectivity index (χ1n) is 6.78. The first kappa shape index (κ1) is 15.2. The molecule has 0 aliphatic rings. The second kappa shape index (κ2) is 7.57. The molecule has 0 heterocycles. The fourth-order valence-corrected chi connectivity index (χ4v) is 2.12. The minimum Gasteiger partial charge on any atom is -0.457 e. The first-order chi connectivity index (χ1) is 10.3. The molecule has 110 valence electrons. The van der Waals surface area contributed by atoms with Crippen LogP contribution in [0.3, 0.4) is 0 Å². The molecule has 2 aromatic carbocycles. The van der Waals surface area contributed by atoms with Gasteiger partial charge in [-0.05, 0) is 11.1 Å². The molecule has 0 amide bonds. The molecule has 2 N–H and O–H groups in total. The van der Waals surface area contributed by atoms with E-state index in [1.165, 1.54) is 0 Å². The normalized spacial score (nSPS) is 10.9. The van der Waals surface area contributed by atoms with Crippen molar-refractivity contribution < 1.29 is 19.7 Å². The summed E-state index contributed by atoms with van der Waals surface area (Å²) in [5.74, 6) is -1.06. The second-order valence-corrected chi connectivity index (χ2v) is 4.68. The minimum atomic E-state index is -0.896. The molecule has 0 unspecified atom stereocenters. The lowest BCUT2D eigenvalue weighted by molar-refractivity contribution is -0.154. The number of aliphatic hydroxyl groups is 2. The molecule has 4 nitrogen and oxygen atoms in total. The molecule has 2 rings (SSSR count). The van der Waals surface area contributed by atoms with Gasteiger partial charge >= 0.3 is 5.97 Å². The largest absolute Gasteiger partial charge is 0.457 e. The Balaban J connectivity index is 2.31. The molecule has 21 heavy (non-hydrogen) atoms. The van der Waals surface area contributed by atoms with E-state index in [0.717, 1.165) is 11.1 Å². The zero-order chi connectivity index (χ0) is 15.1. The Bertz CT molecular complexity index is 510. The number of hydrogen-bond donors (Lipinski definition) is 2. The highest BCUT2D eigenvalue weighted by molar-refractivity contribution is 5.82. The molecular weight excluding hydrogens is 268 g/mol. The molecule has 2 aromatic rings. The highest BCUT2D eigenvalue weighted by Crippen LogP contribution is 2.26. The van der Waals surface area contributed by atoms with Crippen molar-refractivity contribution in [2.45, 2.75) is 12.0 Å². The number of carbonyl (C=O) groups excluding carboxylic acids is 1. The Morgan fingerprint density at radius 3 is 1.67 bits per heavy atom. The summed E-state index contributed by atoms with van der Waals surface area (Å²) in [5, 5.41) is 18.1. The van der Waals surface area contributed by atoms with E-state index < -0.39 is 31.2 Å². The van der Waals surface area contributed by atoms with Crippen molar-refractivity contribution in [3.8, 4) is 0 Å². The number of benzene rings is 2. The summed E-state index contributed by atoms with van der Waals surface area (Å²) in [6, 6.07) is 18.6. The predicted octanol–water partition coefficient (Wildman–Crippen LogP) is 1.71. The zero-order valence-corrected chi connectivity index (χ0v) is 11.6. The number of carbonyl (C=O) groups is 1. The highest BCUT2D eigenvalue weighted by Gasteiger charge is 2.26. The lowest BCUT2D eigenvalue weighted by Crippen LogP contribution is -2.29. The molecule has 0 saturated carbocycles. The summed E-state index contributed by atoms with van der Waals surface area (Å²) in [6.07, 6.45) is -0.896. The van der Waals surface area contributed by atoms with Crippen LogP contribution < -0.4 is 0 Å². The smallest absolute Gasteiger partial charge is 0.318 e. The van der Waals surface area contributed by atoms with E-state index in [2.05, 4.69) is 0 Å². The van der Waals surface area contributed by atoms with Gasteiger partial charge in [0.2, 0.25) is 0 Å². The number of aliphatic hydroxyl groups excluding tert-OH is 2. The molecule has 0 radical (unpaired) electrons. The van der Waals surface area contributed by atoms with Crippen LogP contribution in [0.2, 0.25) is 0 Å². The molecule has 0 aromatic heterocycles. The van der Waals surface area contributed by atoms with E-state index in [4.69, 9.17) is 14.9 Å². The Morgan fingerprint density at radius 2 is 1.29 bits per heavy atom. The molecule has 0 aliphatic heterocycles. The predicted molar refractivity (Wildman–Crippen MR) is 78.8 cm³/mol. The summed E-state index contributed by atoms with van der Waals surface area (Å²) >= 11 is 0. The SMILES string of the molecule is O=C(OC(CO)CO)C(c1ccccc1)c1ccccc1. The van der Waals surface area contributed by atoms with Gasteiger partial charge in [0.05, 0.1) is 13.2 Å². The standard InChI is InChI=1S/C17H18O4/c18-11-15(12-19)21-17(20)16(13-7-3-1-4-8-13)14-9-5-2-6-10-14/h1-10,15-16,18-19H,11-12H2. The van der Waals surface area contributed by atoms with E-state index in [1.54, 1.807) is 0 Å². The average molecular weight is 286 g/mol. The summed E-state index contributed by atoms with van der Waals surface area (Å²) in [4.78, 5) is 12.4. The number of hydrogen-bond acceptors (Lipinski definition) is 4. The van der Waals surface area contributed by atoms with Crippen molar-refractivity contribution in [2.75, 3.05) is 13.2 Å². The molecule has 4 heteroatoms. The van der Waals surface area contributed by atoms with Crippen molar-refractivity contribution in [1.82, 2.24) is 0 Å². The molecule has 0 aliphatic carbocycles. The average Bonchev–Trinajstić information content (AvgIpc) is 2.55. The van der Waals surface area contributed by atoms with Gasteiger partial charge in [-0.15, -0.1) is 0 Å². The van der Waals surface area contributed by atoms with E-state index in [0.29, 0.717) is 0 Å². The Labute approximate surface area is 123 Å². The maximum atomic E-state index is 12.4. The van der Waals surface area contributed by atoms with Gasteiger partial charge in [-0.3, -0.25) is 4.79 Å². The lowest BCUT2D eigenvalue weighted by atomic mass is 9.91. The van der Waals surface area contributed by atoms with Gasteiger partial charge in [0, 0.05) is 0 Å². The Kier molecular flexibility index (Phi) is 5.49. The second-order valence-electron chi connectivity index (χ2n) is 4.68. The topological polar surface area (TPSA) is 66.8 Å². The molecule has 0 spiro atoms. The number of esters is 1. The van der Waals surface area contributed by atoms with Gasteiger partial charge < -0.3 is 14.9 Å². The van der Waals surface area contributed by atoms with Crippen molar-refractivity contribution in [3.05, 3.63) is 71.8 Å². The highest BCUT2D eigenvalue weighted by atomic mass is 16.6. The van der Waals surface area contributed by atoms with Crippen LogP contribution >= 0.6 is 0 Å². The van der Waals surface area contributed by atoms with Crippen LogP contribution in [0.5, 0.6) is 0 Å². The molecule has 0 saturated heterocycles. The molecule has 0 fully saturated rings. The van der Waals surface area contributed by atoms with Crippen molar-refractivity contribution in [3.63, 3.8) is 0 Å². The van der Waals surface area contributed by atoms with Crippen LogP contribution in [0.15, 0.2) is 60.7 Å². The van der Waals surface area contributed by atoms with Crippen LogP contribution in [0.1, 0.15) is 17.0 Å². The number of rotatable bonds is 6. The summed E-state index contributed by atoms with van der Waals surface area (Å²) in [5.41, 5.74) is 1.62. The van der Waals surface area contributed by atoms with Crippen LogP contribution in [-0.4, -0.2) is 35.5 Å². The summed E-state index contributed by atoms with van der Waals surface area (Å²) < 4.78 is 5.18. The molecule has 0 atom stereocenters. The van der Waals surface area contributed by atoms with Gasteiger partial charge in [-0.25, -0.2) is 0 Å². The van der Waals surface area contributed by atoms with Crippen LogP contribution in [0, 0.1) is 0 Å². The third kappa shape index (κ3) is 3.90. The van der Waals surface area contributed by atoms with E-state index >= 15 is 0 Å². The van der Waals surface area contributed by atoms with Crippen molar-refractivity contribution in [1.29, 1.82) is 0 Å². The lowest BCUT2D eigenvalue weighted by Gasteiger charge is -2.20. The van der Waals surface area contributed by atoms with Crippen molar-refractivity contribution >= 4 is 5.97 Å². The van der Waals surface area contributed by atoms with Crippen LogP contribution in [-0.2, 0) is 9.53 Å². The van der Waals surface area contributed by atoms with Crippen LogP contribution in [0.4, 0.5) is 0 Å². The molecular formula is C17H18O4. The fourth-order valence-electron chi connectivity index (χ4n) is 2.12.